The van der Waals surface area contributed by atoms with Crippen LogP contribution in [0.5, 0.6) is 0 Å². The van der Waals surface area contributed by atoms with Crippen LogP contribution in [0.2, 0.25) is 0 Å². The maximum atomic E-state index is 13.4. The van der Waals surface area contributed by atoms with E-state index >= 15 is 0 Å². The molecule has 0 radical (unpaired) electrons. The first kappa shape index (κ1) is 25.6. The van der Waals surface area contributed by atoms with Crippen molar-refractivity contribution in [2.45, 2.75) is 11.6 Å². The van der Waals surface area contributed by atoms with Crippen LogP contribution in [0.1, 0.15) is 0 Å². The van der Waals surface area contributed by atoms with Gasteiger partial charge in [-0.1, -0.05) is 0 Å². The van der Waals surface area contributed by atoms with E-state index in [-0.39, 0.29) is 23.0 Å². The molecule has 0 aromatic heterocycles. The summed E-state index contributed by atoms with van der Waals surface area (Å²) in [5, 5.41) is 0. The monoisotopic (exact) mass is 502 g/mol. The fourth-order valence-electron chi connectivity index (χ4n) is 4.24. The molecule has 2 unspecified atom stereocenters. The highest BCUT2D eigenvalue weighted by Crippen LogP contribution is 2.41. The predicted octanol–water partition coefficient (Wildman–Crippen LogP) is 1.59. The smallest absolute Gasteiger partial charge is 0.325 e. The Labute approximate surface area is 207 Å². The van der Waals surface area contributed by atoms with Gasteiger partial charge < -0.3 is 37.9 Å². The SMILES string of the molecule is COC1=CC(OC)(OC)C=C2OC(=O)C(C(=O)C3C=C4C(OC)=CC(OC)(OC)C=C4OC3=O)C=C12. The Hall–Kier alpha value is -3.51. The first-order chi connectivity index (χ1) is 17.2. The Kier molecular flexibility index (Phi) is 6.76. The zero-order valence-electron chi connectivity index (χ0n) is 20.6. The molecule has 0 fully saturated rings. The molecule has 2 heterocycles. The third-order valence-corrected chi connectivity index (χ3v) is 6.32. The van der Waals surface area contributed by atoms with Crippen molar-refractivity contribution in [2.24, 2.45) is 11.8 Å². The summed E-state index contributed by atoms with van der Waals surface area (Å²) in [7, 11) is 8.49. The van der Waals surface area contributed by atoms with Gasteiger partial charge >= 0.3 is 11.9 Å². The van der Waals surface area contributed by atoms with Gasteiger partial charge in [-0.15, -0.1) is 0 Å². The molecule has 2 atom stereocenters. The van der Waals surface area contributed by atoms with Gasteiger partial charge in [0.05, 0.1) is 25.4 Å². The summed E-state index contributed by atoms with van der Waals surface area (Å²) in [6, 6.07) is 0. The third kappa shape index (κ3) is 4.09. The van der Waals surface area contributed by atoms with E-state index in [1.54, 1.807) is 0 Å². The summed E-state index contributed by atoms with van der Waals surface area (Å²) in [5.41, 5.74) is 0.690. The van der Waals surface area contributed by atoms with Gasteiger partial charge in [-0.3, -0.25) is 14.4 Å². The van der Waals surface area contributed by atoms with E-state index in [2.05, 4.69) is 0 Å². The van der Waals surface area contributed by atoms with Crippen LogP contribution in [0.4, 0.5) is 0 Å². The fraction of sp³-hybridized carbons (Fsp3) is 0.400. The van der Waals surface area contributed by atoms with E-state index in [0.29, 0.717) is 11.1 Å². The number of carbonyl (C=O) groups excluding carboxylic acids is 3. The molecule has 0 spiro atoms. The van der Waals surface area contributed by atoms with Crippen LogP contribution < -0.4 is 0 Å². The second-order valence-electron chi connectivity index (χ2n) is 8.06. The molecule has 11 heteroatoms. The second-order valence-corrected chi connectivity index (χ2v) is 8.06. The van der Waals surface area contributed by atoms with Crippen molar-refractivity contribution in [3.8, 4) is 0 Å². The molecule has 2 aliphatic heterocycles. The number of ether oxygens (including phenoxy) is 8. The normalized spacial score (nSPS) is 25.8. The molecular formula is C25H26O11. The van der Waals surface area contributed by atoms with Crippen molar-refractivity contribution in [3.05, 3.63) is 70.6 Å². The Balaban J connectivity index is 1.71. The molecule has 0 saturated carbocycles. The summed E-state index contributed by atoms with van der Waals surface area (Å²) in [6.07, 6.45) is 8.73. The lowest BCUT2D eigenvalue weighted by Gasteiger charge is -2.34. The van der Waals surface area contributed by atoms with Gasteiger partial charge in [-0.05, 0) is 12.2 Å². The van der Waals surface area contributed by atoms with E-state index in [4.69, 9.17) is 37.9 Å². The molecule has 0 aromatic carbocycles. The number of hydrogen-bond donors (Lipinski definition) is 0. The highest BCUT2D eigenvalue weighted by molar-refractivity contribution is 6.12. The minimum atomic E-state index is -1.40. The Morgan fingerprint density at radius 3 is 1.33 bits per heavy atom. The Morgan fingerprint density at radius 1 is 0.667 bits per heavy atom. The standard InChI is InChI=1S/C25H26O11/c1-29-17-9-24(31-3,32-4)11-19-13(17)7-15(22(27)35-19)21(26)16-8-14-18(30-2)10-25(33-5,34-6)12-20(14)36-23(16)28/h7-12,15-16H,1-6H3. The number of rotatable bonds is 8. The first-order valence-electron chi connectivity index (χ1n) is 10.8. The largest absolute Gasteiger partial charge is 0.496 e. The Morgan fingerprint density at radius 2 is 1.03 bits per heavy atom. The van der Waals surface area contributed by atoms with Gasteiger partial charge in [0, 0.05) is 52.7 Å². The summed E-state index contributed by atoms with van der Waals surface area (Å²) in [4.78, 5) is 39.2. The van der Waals surface area contributed by atoms with Crippen LogP contribution in [-0.2, 0) is 52.3 Å². The van der Waals surface area contributed by atoms with Crippen LogP contribution >= 0.6 is 0 Å². The van der Waals surface area contributed by atoms with E-state index in [9.17, 15) is 14.4 Å². The van der Waals surface area contributed by atoms with Crippen molar-refractivity contribution < 1.29 is 52.3 Å². The highest BCUT2D eigenvalue weighted by atomic mass is 16.7. The van der Waals surface area contributed by atoms with Crippen molar-refractivity contribution in [2.75, 3.05) is 42.7 Å². The molecule has 4 aliphatic rings. The molecule has 0 bridgehead atoms. The van der Waals surface area contributed by atoms with Crippen molar-refractivity contribution >= 4 is 17.7 Å². The second kappa shape index (κ2) is 9.51. The zero-order chi connectivity index (χ0) is 26.3. The van der Waals surface area contributed by atoms with E-state index < -0.39 is 41.1 Å². The molecule has 0 saturated heterocycles. The number of carbonyl (C=O) groups is 3. The highest BCUT2D eigenvalue weighted by Gasteiger charge is 2.46. The van der Waals surface area contributed by atoms with Gasteiger partial charge in [-0.2, -0.15) is 0 Å². The summed E-state index contributed by atoms with van der Waals surface area (Å²) in [5.74, 6) is -7.17. The number of Topliss-reactive ketones (excluding diaryl/α,β-unsaturated/α-hetero) is 1. The lowest BCUT2D eigenvalue weighted by Crippen LogP contribution is -2.41. The lowest BCUT2D eigenvalue weighted by molar-refractivity contribution is -0.154. The molecule has 2 aliphatic carbocycles. The minimum Gasteiger partial charge on any atom is -0.496 e. The topological polar surface area (TPSA) is 125 Å². The van der Waals surface area contributed by atoms with E-state index in [0.717, 1.165) is 0 Å². The maximum absolute atomic E-state index is 13.4. The van der Waals surface area contributed by atoms with Gasteiger partial charge in [0.25, 0.3) is 0 Å². The molecule has 192 valence electrons. The van der Waals surface area contributed by atoms with Gasteiger partial charge in [-0.25, -0.2) is 0 Å². The number of hydrogen-bond acceptors (Lipinski definition) is 11. The van der Waals surface area contributed by atoms with Crippen molar-refractivity contribution in [3.63, 3.8) is 0 Å². The Bertz CT molecular complexity index is 1080. The molecule has 11 nitrogen and oxygen atoms in total. The molecular weight excluding hydrogens is 476 g/mol. The molecule has 4 rings (SSSR count). The quantitative estimate of drug-likeness (QED) is 0.273. The third-order valence-electron chi connectivity index (χ3n) is 6.32. The maximum Gasteiger partial charge on any atom is 0.325 e. The van der Waals surface area contributed by atoms with Gasteiger partial charge in [0.2, 0.25) is 11.6 Å². The zero-order valence-corrected chi connectivity index (χ0v) is 20.6. The average molecular weight is 502 g/mol. The van der Waals surface area contributed by atoms with E-state index in [1.165, 1.54) is 79.1 Å². The van der Waals surface area contributed by atoms with Crippen molar-refractivity contribution in [1.82, 2.24) is 0 Å². The number of esters is 2. The van der Waals surface area contributed by atoms with E-state index in [1.807, 2.05) is 0 Å². The molecule has 36 heavy (non-hydrogen) atoms. The average Bonchev–Trinajstić information content (AvgIpc) is 2.90. The van der Waals surface area contributed by atoms with Crippen LogP contribution in [0.25, 0.3) is 0 Å². The van der Waals surface area contributed by atoms with Crippen LogP contribution in [0.3, 0.4) is 0 Å². The first-order valence-corrected chi connectivity index (χ1v) is 10.8. The van der Waals surface area contributed by atoms with Crippen LogP contribution in [0.15, 0.2) is 70.6 Å². The molecule has 0 amide bonds. The number of fused-ring (bicyclic) bond motifs is 2. The van der Waals surface area contributed by atoms with Crippen LogP contribution in [-0.4, -0.2) is 72.0 Å². The van der Waals surface area contributed by atoms with Crippen LogP contribution in [0, 0.1) is 11.8 Å². The number of ketones is 1. The molecule has 0 N–H and O–H groups in total. The van der Waals surface area contributed by atoms with Crippen molar-refractivity contribution in [1.29, 1.82) is 0 Å². The molecule has 0 aromatic rings. The predicted molar refractivity (Wildman–Crippen MR) is 120 cm³/mol. The van der Waals surface area contributed by atoms with Gasteiger partial charge in [0.15, 0.2) is 5.78 Å². The lowest BCUT2D eigenvalue weighted by atomic mass is 9.84. The van der Waals surface area contributed by atoms with Gasteiger partial charge in [0.1, 0.15) is 34.9 Å². The fourth-order valence-corrected chi connectivity index (χ4v) is 4.24. The summed E-state index contributed by atoms with van der Waals surface area (Å²) in [6.45, 7) is 0. The minimum absolute atomic E-state index is 0.106. The number of methoxy groups -OCH3 is 6. The summed E-state index contributed by atoms with van der Waals surface area (Å²) >= 11 is 0. The summed E-state index contributed by atoms with van der Waals surface area (Å²) < 4.78 is 43.3.